The van der Waals surface area contributed by atoms with Crippen molar-refractivity contribution in [3.63, 3.8) is 0 Å². The molecular formula is C48H30N4. The minimum Gasteiger partial charge on any atom is -0.309 e. The van der Waals surface area contributed by atoms with E-state index in [1.165, 1.54) is 4.57 Å². The van der Waals surface area contributed by atoms with Gasteiger partial charge < -0.3 is 4.57 Å². The zero-order valence-corrected chi connectivity index (χ0v) is 26.9. The number of benzene rings is 8. The van der Waals surface area contributed by atoms with E-state index in [9.17, 15) is 6.85 Å². The number of hydrogen-bond donors (Lipinski definition) is 0. The van der Waals surface area contributed by atoms with Crippen molar-refractivity contribution in [2.75, 3.05) is 0 Å². The molecule has 3 heterocycles. The highest BCUT2D eigenvalue weighted by molar-refractivity contribution is 6.12. The molecule has 0 aliphatic carbocycles. The molecule has 0 N–H and O–H groups in total. The monoisotopic (exact) mass is 677 g/mol. The average molecular weight is 678 g/mol. The second kappa shape index (κ2) is 11.2. The number of rotatable bonds is 4. The molecule has 4 nitrogen and oxygen atoms in total. The molecule has 242 valence electrons. The van der Waals surface area contributed by atoms with Gasteiger partial charge in [-0.15, -0.1) is 0 Å². The molecule has 0 unspecified atom stereocenters. The van der Waals surface area contributed by atoms with E-state index in [2.05, 4.69) is 0 Å². The standard InChI is InChI=1S/C48H30N4/c1-2-12-31(13-3-1)34-24-26-42-41(29-34)47(35-23-22-32-14-4-5-15-33(32)28-35)50-48(49-42)52-45-21-11-8-18-39(45)40-30-36(25-27-46(40)52)51-43-19-9-6-16-37(43)38-17-7-10-20-44(38)51/h1-30H/i6D,7D,8D,9D,10D,11D,16D,17D,18D,19D,20D,21D,25D,27D,30D. The van der Waals surface area contributed by atoms with Crippen molar-refractivity contribution in [2.24, 2.45) is 0 Å². The smallest absolute Gasteiger partial charge is 0.235 e. The van der Waals surface area contributed by atoms with Crippen molar-refractivity contribution >= 4 is 65.3 Å². The molecule has 3 aromatic heterocycles. The third kappa shape index (κ3) is 4.34. The zero-order valence-electron chi connectivity index (χ0n) is 41.9. The lowest BCUT2D eigenvalue weighted by atomic mass is 9.99. The van der Waals surface area contributed by atoms with E-state index < -0.39 is 96.3 Å². The number of fused-ring (bicyclic) bond motifs is 8. The van der Waals surface area contributed by atoms with Crippen LogP contribution >= 0.6 is 0 Å². The summed E-state index contributed by atoms with van der Waals surface area (Å²) in [5, 5.41) is 1.43. The molecule has 0 spiro atoms. The molecule has 0 fully saturated rings. The van der Waals surface area contributed by atoms with Crippen LogP contribution in [0.4, 0.5) is 0 Å². The number of nitrogens with zero attached hydrogens (tertiary/aromatic N) is 4. The summed E-state index contributed by atoms with van der Waals surface area (Å²) in [6.45, 7) is 0. The Morgan fingerprint density at radius 3 is 1.79 bits per heavy atom. The summed E-state index contributed by atoms with van der Waals surface area (Å²) >= 11 is 0. The van der Waals surface area contributed by atoms with Crippen molar-refractivity contribution in [2.45, 2.75) is 0 Å². The molecule has 0 amide bonds. The lowest BCUT2D eigenvalue weighted by Crippen LogP contribution is -2.04. The topological polar surface area (TPSA) is 35.6 Å². The van der Waals surface area contributed by atoms with Gasteiger partial charge in [0.2, 0.25) is 5.95 Å². The second-order valence-corrected chi connectivity index (χ2v) is 12.3. The van der Waals surface area contributed by atoms with Crippen LogP contribution in [0, 0.1) is 0 Å². The Labute approximate surface area is 320 Å². The van der Waals surface area contributed by atoms with E-state index in [-0.39, 0.29) is 49.6 Å². The first-order chi connectivity index (χ1) is 32.0. The van der Waals surface area contributed by atoms with Gasteiger partial charge >= 0.3 is 0 Å². The normalized spacial score (nSPS) is 15.9. The van der Waals surface area contributed by atoms with Crippen LogP contribution in [-0.2, 0) is 0 Å². The third-order valence-electron chi connectivity index (χ3n) is 9.41. The van der Waals surface area contributed by atoms with Gasteiger partial charge in [0.15, 0.2) is 0 Å². The summed E-state index contributed by atoms with van der Waals surface area (Å²) in [5.74, 6) is -0.145. The molecule has 0 atom stereocenters. The molecule has 4 heteroatoms. The predicted molar refractivity (Wildman–Crippen MR) is 217 cm³/mol. The number of aromatic nitrogens is 4. The molecule has 0 saturated carbocycles. The minimum absolute atomic E-state index is 0.145. The Bertz CT molecular complexity index is 3980. The summed E-state index contributed by atoms with van der Waals surface area (Å²) in [7, 11) is 0. The van der Waals surface area contributed by atoms with Gasteiger partial charge in [-0.3, -0.25) is 4.57 Å². The van der Waals surface area contributed by atoms with Crippen molar-refractivity contribution in [1.82, 2.24) is 19.1 Å². The van der Waals surface area contributed by atoms with Crippen molar-refractivity contribution in [3.05, 3.63) is 182 Å². The van der Waals surface area contributed by atoms with Crippen LogP contribution in [0.15, 0.2) is 182 Å². The molecule has 11 rings (SSSR count). The van der Waals surface area contributed by atoms with Crippen molar-refractivity contribution < 1.29 is 20.6 Å². The maximum Gasteiger partial charge on any atom is 0.235 e. The highest BCUT2D eigenvalue weighted by atomic mass is 15.2. The first kappa shape index (κ1) is 17.8. The van der Waals surface area contributed by atoms with E-state index in [1.54, 1.807) is 6.07 Å². The van der Waals surface area contributed by atoms with Gasteiger partial charge in [0.05, 0.1) is 53.8 Å². The molecule has 0 radical (unpaired) electrons. The number of para-hydroxylation sites is 3. The summed E-state index contributed by atoms with van der Waals surface area (Å²) in [5.41, 5.74) is 1.61. The Balaban J connectivity index is 1.32. The number of hydrogen-bond acceptors (Lipinski definition) is 2. The lowest BCUT2D eigenvalue weighted by Gasteiger charge is -2.14. The molecule has 0 saturated heterocycles. The van der Waals surface area contributed by atoms with Crippen LogP contribution in [0.2, 0.25) is 0 Å². The fraction of sp³-hybridized carbons (Fsp3) is 0. The summed E-state index contributed by atoms with van der Waals surface area (Å²) < 4.78 is 138. The Morgan fingerprint density at radius 2 is 1.04 bits per heavy atom. The van der Waals surface area contributed by atoms with E-state index in [1.807, 2.05) is 84.9 Å². The van der Waals surface area contributed by atoms with E-state index >= 15 is 0 Å². The van der Waals surface area contributed by atoms with Crippen LogP contribution in [0.3, 0.4) is 0 Å². The van der Waals surface area contributed by atoms with Gasteiger partial charge in [-0.05, 0) is 76.4 Å². The van der Waals surface area contributed by atoms with E-state index in [0.717, 1.165) is 26.5 Å². The third-order valence-corrected chi connectivity index (χ3v) is 9.41. The van der Waals surface area contributed by atoms with Gasteiger partial charge in [0.25, 0.3) is 0 Å². The van der Waals surface area contributed by atoms with Gasteiger partial charge in [0.1, 0.15) is 0 Å². The van der Waals surface area contributed by atoms with E-state index in [4.69, 9.17) is 23.7 Å². The van der Waals surface area contributed by atoms with Crippen LogP contribution in [0.1, 0.15) is 20.6 Å². The van der Waals surface area contributed by atoms with Gasteiger partial charge in [-0.2, -0.15) is 0 Å². The fourth-order valence-electron chi connectivity index (χ4n) is 7.04. The summed E-state index contributed by atoms with van der Waals surface area (Å²) in [6.07, 6.45) is 0. The lowest BCUT2D eigenvalue weighted by molar-refractivity contribution is 1.01. The van der Waals surface area contributed by atoms with Crippen LogP contribution in [0.5, 0.6) is 0 Å². The SMILES string of the molecule is [2H]c1c([2H])c([2H])c2c(c1[2H])c1c([2H])c(-n3c4c([2H])c([2H])c([2H])c([2H])c4c4c([2H])c([2H])c([2H])c([2H])c43)c([2H])c([2H])c1n2-c1nc(-c2ccc3ccccc3c2)c2cc(-c3ccccc3)ccc2n1. The largest absolute Gasteiger partial charge is 0.309 e. The highest BCUT2D eigenvalue weighted by Gasteiger charge is 2.20. The molecule has 0 bridgehead atoms. The predicted octanol–water partition coefficient (Wildman–Crippen LogP) is 12.3. The zero-order chi connectivity index (χ0) is 47.2. The molecule has 8 aromatic carbocycles. The summed E-state index contributed by atoms with van der Waals surface area (Å²) in [4.78, 5) is 10.1. The Morgan fingerprint density at radius 1 is 0.423 bits per heavy atom. The highest BCUT2D eigenvalue weighted by Crippen LogP contribution is 2.38. The molecule has 0 aliphatic heterocycles. The Hall–Kier alpha value is -7.04. The molecule has 0 aliphatic rings. The van der Waals surface area contributed by atoms with Crippen molar-refractivity contribution in [3.8, 4) is 34.0 Å². The fourth-order valence-corrected chi connectivity index (χ4v) is 7.04. The molecular weight excluding hydrogens is 633 g/mol. The molecule has 52 heavy (non-hydrogen) atoms. The van der Waals surface area contributed by atoms with Crippen LogP contribution in [0.25, 0.3) is 99.3 Å². The Kier molecular flexibility index (Phi) is 3.84. The minimum atomic E-state index is -0.724. The molecule has 11 aromatic rings. The van der Waals surface area contributed by atoms with Gasteiger partial charge in [-0.25, -0.2) is 9.97 Å². The van der Waals surface area contributed by atoms with Gasteiger partial charge in [-0.1, -0.05) is 127 Å². The van der Waals surface area contributed by atoms with Crippen molar-refractivity contribution in [1.29, 1.82) is 0 Å². The second-order valence-electron chi connectivity index (χ2n) is 12.3. The van der Waals surface area contributed by atoms with Gasteiger partial charge in [0, 0.05) is 38.2 Å². The summed E-state index contributed by atoms with van der Waals surface area (Å²) in [6, 6.07) is 19.1. The van der Waals surface area contributed by atoms with Crippen LogP contribution in [-0.4, -0.2) is 19.1 Å². The quantitative estimate of drug-likeness (QED) is 0.186. The maximum absolute atomic E-state index is 9.97. The first-order valence-corrected chi connectivity index (χ1v) is 16.5. The maximum atomic E-state index is 9.97. The average Bonchev–Trinajstić information content (AvgIpc) is 3.89. The van der Waals surface area contributed by atoms with E-state index in [0.29, 0.717) is 22.2 Å². The van der Waals surface area contributed by atoms with Crippen LogP contribution < -0.4 is 0 Å². The first-order valence-electron chi connectivity index (χ1n) is 24.0.